The Balaban J connectivity index is 3.31. The molecule has 22 heavy (non-hydrogen) atoms. The van der Waals surface area contributed by atoms with Crippen LogP contribution in [0, 0.1) is 34.0 Å². The van der Waals surface area contributed by atoms with E-state index in [2.05, 4.69) is 10.6 Å². The van der Waals surface area contributed by atoms with Gasteiger partial charge in [0.15, 0.2) is 5.57 Å². The Hall–Kier alpha value is -3.50. The number of hydrogen-bond donors (Lipinski definition) is 2. The second kappa shape index (κ2) is 7.94. The summed E-state index contributed by atoms with van der Waals surface area (Å²) in [6.45, 7) is 3.61. The normalized spacial score (nSPS) is 8.68. The highest BCUT2D eigenvalue weighted by molar-refractivity contribution is 5.93. The lowest BCUT2D eigenvalue weighted by Crippen LogP contribution is -2.10. The molecule has 0 fully saturated rings. The zero-order chi connectivity index (χ0) is 16.5. The van der Waals surface area contributed by atoms with Crippen LogP contribution in [0.1, 0.15) is 13.8 Å². The molecule has 0 heterocycles. The Kier molecular flexibility index (Phi) is 5.97. The van der Waals surface area contributed by atoms with Crippen LogP contribution < -0.4 is 15.4 Å². The molecule has 7 heteroatoms. The van der Waals surface area contributed by atoms with Crippen molar-refractivity contribution in [2.24, 2.45) is 0 Å². The van der Waals surface area contributed by atoms with Crippen molar-refractivity contribution >= 4 is 17.3 Å². The van der Waals surface area contributed by atoms with Gasteiger partial charge in [0.05, 0.1) is 18.0 Å². The lowest BCUT2D eigenvalue weighted by atomic mass is 10.2. The molecular formula is C15H13N5O2. The van der Waals surface area contributed by atoms with Gasteiger partial charge in [-0.15, -0.1) is 0 Å². The predicted molar refractivity (Wildman–Crippen MR) is 79.4 cm³/mol. The Labute approximate surface area is 128 Å². The highest BCUT2D eigenvalue weighted by Crippen LogP contribution is 2.28. The zero-order valence-corrected chi connectivity index (χ0v) is 12.1. The summed E-state index contributed by atoms with van der Waals surface area (Å²) in [5.74, 6) is 0.224. The molecule has 1 aromatic rings. The molecule has 1 amide bonds. The van der Waals surface area contributed by atoms with Crippen molar-refractivity contribution in [2.45, 2.75) is 13.8 Å². The van der Waals surface area contributed by atoms with Crippen LogP contribution >= 0.6 is 0 Å². The van der Waals surface area contributed by atoms with Gasteiger partial charge in [-0.1, -0.05) is 0 Å². The molecule has 1 rings (SSSR count). The van der Waals surface area contributed by atoms with Crippen molar-refractivity contribution in [1.82, 2.24) is 0 Å². The summed E-state index contributed by atoms with van der Waals surface area (Å²) >= 11 is 0. The lowest BCUT2D eigenvalue weighted by molar-refractivity contribution is -0.114. The molecule has 1 aromatic carbocycles. The summed E-state index contributed by atoms with van der Waals surface area (Å²) in [6.07, 6.45) is 0. The van der Waals surface area contributed by atoms with Crippen LogP contribution in [0.2, 0.25) is 0 Å². The monoisotopic (exact) mass is 295 g/mol. The third kappa shape index (κ3) is 4.26. The Morgan fingerprint density at radius 3 is 2.32 bits per heavy atom. The van der Waals surface area contributed by atoms with Crippen LogP contribution in [-0.4, -0.2) is 12.5 Å². The molecule has 0 spiro atoms. The minimum absolute atomic E-state index is 0.203. The molecule has 110 valence electrons. The number of allylic oxidation sites excluding steroid dienone is 2. The van der Waals surface area contributed by atoms with Gasteiger partial charge in [-0.25, -0.2) is 0 Å². The van der Waals surface area contributed by atoms with E-state index in [1.54, 1.807) is 36.4 Å². The van der Waals surface area contributed by atoms with Crippen molar-refractivity contribution in [3.05, 3.63) is 29.5 Å². The summed E-state index contributed by atoms with van der Waals surface area (Å²) in [4.78, 5) is 11.2. The van der Waals surface area contributed by atoms with Crippen molar-refractivity contribution < 1.29 is 9.53 Å². The van der Waals surface area contributed by atoms with E-state index in [0.717, 1.165) is 0 Å². The minimum Gasteiger partial charge on any atom is -0.494 e. The van der Waals surface area contributed by atoms with Crippen molar-refractivity contribution in [3.8, 4) is 24.0 Å². The Bertz CT molecular complexity index is 716. The highest BCUT2D eigenvalue weighted by atomic mass is 16.5. The predicted octanol–water partition coefficient (Wildman–Crippen LogP) is 2.28. The molecule has 0 radical (unpaired) electrons. The molecule has 0 aliphatic carbocycles. The number of ether oxygens (including phenoxy) is 1. The molecule has 0 saturated carbocycles. The first-order valence-corrected chi connectivity index (χ1v) is 6.31. The number of nitriles is 3. The smallest absolute Gasteiger partial charge is 0.221 e. The number of amides is 1. The third-order valence-electron chi connectivity index (χ3n) is 2.46. The van der Waals surface area contributed by atoms with Gasteiger partial charge in [0.1, 0.15) is 29.7 Å². The van der Waals surface area contributed by atoms with Gasteiger partial charge in [-0.2, -0.15) is 15.8 Å². The van der Waals surface area contributed by atoms with Gasteiger partial charge >= 0.3 is 0 Å². The quantitative estimate of drug-likeness (QED) is 0.803. The van der Waals surface area contributed by atoms with Crippen LogP contribution in [0.25, 0.3) is 0 Å². The van der Waals surface area contributed by atoms with Crippen molar-refractivity contribution in [1.29, 1.82) is 15.8 Å². The molecule has 0 aliphatic rings. The van der Waals surface area contributed by atoms with E-state index < -0.39 is 0 Å². The fourth-order valence-corrected chi connectivity index (χ4v) is 1.60. The average Bonchev–Trinajstić information content (AvgIpc) is 2.49. The fourth-order valence-electron chi connectivity index (χ4n) is 1.60. The summed E-state index contributed by atoms with van der Waals surface area (Å²) in [5.41, 5.74) is 0.197. The van der Waals surface area contributed by atoms with Crippen LogP contribution in [0.5, 0.6) is 5.75 Å². The standard InChI is InChI=1S/C15H13N5O2/c1-3-22-12-4-5-13(19-10(2)21)14(6-12)20-15(9-18)11(7-16)8-17/h4-6,20H,3H2,1-2H3,(H,19,21). The SMILES string of the molecule is CCOc1ccc(NC(C)=O)c(NC(C#N)=C(C#N)C#N)c1. The van der Waals surface area contributed by atoms with E-state index in [1.807, 2.05) is 6.92 Å². The number of carbonyl (C=O) groups is 1. The molecule has 0 aliphatic heterocycles. The molecule has 7 nitrogen and oxygen atoms in total. The van der Waals surface area contributed by atoms with Gasteiger partial charge < -0.3 is 15.4 Å². The molecule has 2 N–H and O–H groups in total. The van der Waals surface area contributed by atoms with Gasteiger partial charge in [0.2, 0.25) is 5.91 Å². The van der Waals surface area contributed by atoms with E-state index in [9.17, 15) is 4.79 Å². The van der Waals surface area contributed by atoms with E-state index in [1.165, 1.54) is 6.92 Å². The van der Waals surface area contributed by atoms with Crippen LogP contribution in [0.3, 0.4) is 0 Å². The summed E-state index contributed by atoms with van der Waals surface area (Å²) in [5, 5.41) is 32.0. The number of nitrogens with one attached hydrogen (secondary N) is 2. The van der Waals surface area contributed by atoms with E-state index in [4.69, 9.17) is 20.5 Å². The van der Waals surface area contributed by atoms with Crippen molar-refractivity contribution in [3.63, 3.8) is 0 Å². The van der Waals surface area contributed by atoms with Gasteiger partial charge in [0, 0.05) is 13.0 Å². The first-order chi connectivity index (χ1) is 10.5. The number of rotatable bonds is 5. The maximum Gasteiger partial charge on any atom is 0.221 e. The minimum atomic E-state index is -0.349. The van der Waals surface area contributed by atoms with Crippen LogP contribution in [0.4, 0.5) is 11.4 Å². The number of benzene rings is 1. The summed E-state index contributed by atoms with van der Waals surface area (Å²) in [6, 6.07) is 9.86. The fraction of sp³-hybridized carbons (Fsp3) is 0.200. The first kappa shape index (κ1) is 16.6. The number of nitrogens with zero attached hydrogens (tertiary/aromatic N) is 3. The number of hydrogen-bond acceptors (Lipinski definition) is 6. The van der Waals surface area contributed by atoms with E-state index in [0.29, 0.717) is 23.7 Å². The molecule has 0 saturated heterocycles. The highest BCUT2D eigenvalue weighted by Gasteiger charge is 2.11. The lowest BCUT2D eigenvalue weighted by Gasteiger charge is -2.13. The van der Waals surface area contributed by atoms with E-state index in [-0.39, 0.29) is 17.2 Å². The molecule has 0 bridgehead atoms. The topological polar surface area (TPSA) is 122 Å². The third-order valence-corrected chi connectivity index (χ3v) is 2.46. The average molecular weight is 295 g/mol. The second-order valence-corrected chi connectivity index (χ2v) is 4.03. The Morgan fingerprint density at radius 1 is 1.14 bits per heavy atom. The molecular weight excluding hydrogens is 282 g/mol. The summed E-state index contributed by atoms with van der Waals surface area (Å²) < 4.78 is 5.35. The maximum absolute atomic E-state index is 11.2. The molecule has 0 atom stereocenters. The summed E-state index contributed by atoms with van der Waals surface area (Å²) in [7, 11) is 0. The number of anilines is 2. The van der Waals surface area contributed by atoms with Crippen LogP contribution in [-0.2, 0) is 4.79 Å². The second-order valence-electron chi connectivity index (χ2n) is 4.03. The molecule has 0 aromatic heterocycles. The van der Waals surface area contributed by atoms with Gasteiger partial charge in [-0.3, -0.25) is 4.79 Å². The largest absolute Gasteiger partial charge is 0.494 e. The first-order valence-electron chi connectivity index (χ1n) is 6.31. The van der Waals surface area contributed by atoms with Crippen molar-refractivity contribution in [2.75, 3.05) is 17.2 Å². The van der Waals surface area contributed by atoms with Crippen LogP contribution in [0.15, 0.2) is 29.5 Å². The van der Waals surface area contributed by atoms with Gasteiger partial charge in [-0.05, 0) is 19.1 Å². The number of carbonyl (C=O) groups excluding carboxylic acids is 1. The zero-order valence-electron chi connectivity index (χ0n) is 12.1. The maximum atomic E-state index is 11.2. The molecule has 0 unspecified atom stereocenters. The Morgan fingerprint density at radius 2 is 1.82 bits per heavy atom. The van der Waals surface area contributed by atoms with E-state index >= 15 is 0 Å². The van der Waals surface area contributed by atoms with Gasteiger partial charge in [0.25, 0.3) is 0 Å².